The van der Waals surface area contributed by atoms with Crippen molar-refractivity contribution in [3.05, 3.63) is 35.5 Å². The van der Waals surface area contributed by atoms with Gasteiger partial charge in [-0.05, 0) is 6.07 Å². The van der Waals surface area contributed by atoms with E-state index in [4.69, 9.17) is 4.74 Å². The average Bonchev–Trinajstić information content (AvgIpc) is 3.11. The Morgan fingerprint density at radius 1 is 1.43 bits per heavy atom. The Bertz CT molecular complexity index is 814. The van der Waals surface area contributed by atoms with Crippen LogP contribution < -0.4 is 10.1 Å². The van der Waals surface area contributed by atoms with Crippen LogP contribution in [0.25, 0.3) is 0 Å². The molecule has 1 atom stereocenters. The highest BCUT2D eigenvalue weighted by Gasteiger charge is 2.26. The predicted molar refractivity (Wildman–Crippen MR) is 87.4 cm³/mol. The number of thiazole rings is 1. The number of benzene rings is 1. The van der Waals surface area contributed by atoms with Crippen LogP contribution in [0, 0.1) is 0 Å². The molecule has 23 heavy (non-hydrogen) atoms. The van der Waals surface area contributed by atoms with Gasteiger partial charge in [-0.1, -0.05) is 37.3 Å². The van der Waals surface area contributed by atoms with Crippen molar-refractivity contribution < 1.29 is 18.5 Å². The van der Waals surface area contributed by atoms with Crippen molar-refractivity contribution in [3.63, 3.8) is 0 Å². The minimum Gasteiger partial charge on any atom is -0.425 e. The first-order valence-corrected chi connectivity index (χ1v) is 8.99. The maximum absolute atomic E-state index is 12.4. The molecular weight excluding hydrogens is 336 g/mol. The molecule has 1 aliphatic rings. The van der Waals surface area contributed by atoms with Gasteiger partial charge in [0.15, 0.2) is 5.13 Å². The molecule has 1 aromatic carbocycles. The number of rotatable bonds is 4. The van der Waals surface area contributed by atoms with Crippen molar-refractivity contribution in [1.29, 1.82) is 0 Å². The molecule has 0 spiro atoms. The maximum Gasteiger partial charge on any atom is 0.315 e. The number of esters is 1. The van der Waals surface area contributed by atoms with E-state index >= 15 is 0 Å². The summed E-state index contributed by atoms with van der Waals surface area (Å²) in [5, 5.41) is 3.00. The van der Waals surface area contributed by atoms with Crippen molar-refractivity contribution in [2.75, 3.05) is 5.32 Å². The van der Waals surface area contributed by atoms with Crippen LogP contribution in [-0.2, 0) is 22.0 Å². The van der Waals surface area contributed by atoms with Crippen LogP contribution >= 0.6 is 11.3 Å². The van der Waals surface area contributed by atoms with Gasteiger partial charge in [0.1, 0.15) is 9.96 Å². The topological polar surface area (TPSA) is 85.4 Å². The Hall–Kier alpha value is -2.06. The molecular formula is C15H14N2O4S2. The van der Waals surface area contributed by atoms with Crippen LogP contribution in [0.1, 0.15) is 29.8 Å². The number of anilines is 1. The monoisotopic (exact) mass is 350 g/mol. The third kappa shape index (κ3) is 3.18. The first kappa shape index (κ1) is 15.8. The largest absolute Gasteiger partial charge is 0.425 e. The van der Waals surface area contributed by atoms with Crippen LogP contribution in [0.4, 0.5) is 5.13 Å². The standard InChI is InChI=1S/C15H14N2O4S2/c1-8(2)23(20)12-7-16-15(22-12)17-14(19)10-5-3-4-9-6-11(18)21-13(9)10/h3-5,7-8H,6H2,1-2H3,(H,16,17,19). The molecule has 1 aliphatic heterocycles. The van der Waals surface area contributed by atoms with Crippen LogP contribution in [0.3, 0.4) is 0 Å². The number of amides is 1. The van der Waals surface area contributed by atoms with Gasteiger partial charge >= 0.3 is 5.97 Å². The van der Waals surface area contributed by atoms with Gasteiger partial charge in [0.2, 0.25) is 0 Å². The second-order valence-corrected chi connectivity index (χ2v) is 8.50. The molecule has 0 fully saturated rings. The van der Waals surface area contributed by atoms with E-state index in [-0.39, 0.29) is 23.2 Å². The number of carbonyl (C=O) groups excluding carboxylic acids is 2. The van der Waals surface area contributed by atoms with Gasteiger partial charge in [0, 0.05) is 10.8 Å². The van der Waals surface area contributed by atoms with E-state index in [0.717, 1.165) is 0 Å². The molecule has 1 amide bonds. The minimum absolute atomic E-state index is 0.0178. The quantitative estimate of drug-likeness (QED) is 0.676. The highest BCUT2D eigenvalue weighted by atomic mass is 32.2. The van der Waals surface area contributed by atoms with Crippen molar-refractivity contribution in [2.24, 2.45) is 0 Å². The number of fused-ring (bicyclic) bond motifs is 1. The van der Waals surface area contributed by atoms with Crippen LogP contribution in [0.15, 0.2) is 28.6 Å². The smallest absolute Gasteiger partial charge is 0.315 e. The van der Waals surface area contributed by atoms with E-state index in [1.54, 1.807) is 18.2 Å². The van der Waals surface area contributed by atoms with Crippen molar-refractivity contribution in [2.45, 2.75) is 29.7 Å². The van der Waals surface area contributed by atoms with Crippen LogP contribution in [0.2, 0.25) is 0 Å². The summed E-state index contributed by atoms with van der Waals surface area (Å²) < 4.78 is 17.7. The fraction of sp³-hybridized carbons (Fsp3) is 0.267. The lowest BCUT2D eigenvalue weighted by Gasteiger charge is -2.06. The van der Waals surface area contributed by atoms with Crippen LogP contribution in [0.5, 0.6) is 5.75 Å². The fourth-order valence-corrected chi connectivity index (χ4v) is 4.44. The first-order chi connectivity index (χ1) is 11.0. The first-order valence-electron chi connectivity index (χ1n) is 6.96. The maximum atomic E-state index is 12.4. The van der Waals surface area contributed by atoms with Crippen molar-refractivity contribution >= 4 is 39.1 Å². The molecule has 0 saturated heterocycles. The molecule has 2 aromatic rings. The molecule has 120 valence electrons. The Balaban J connectivity index is 1.80. The molecule has 8 heteroatoms. The number of ether oxygens (including phenoxy) is 1. The lowest BCUT2D eigenvalue weighted by atomic mass is 10.1. The normalized spacial score (nSPS) is 14.5. The summed E-state index contributed by atoms with van der Waals surface area (Å²) in [7, 11) is -1.14. The van der Waals surface area contributed by atoms with Crippen molar-refractivity contribution in [3.8, 4) is 5.75 Å². The van der Waals surface area contributed by atoms with Gasteiger partial charge in [-0.15, -0.1) is 0 Å². The van der Waals surface area contributed by atoms with Gasteiger partial charge < -0.3 is 4.74 Å². The number of nitrogens with zero attached hydrogens (tertiary/aromatic N) is 1. The number of aromatic nitrogens is 1. The molecule has 0 radical (unpaired) electrons. The SMILES string of the molecule is CC(C)S(=O)c1cnc(NC(=O)c2cccc3c2OC(=O)C3)s1. The van der Waals surface area contributed by atoms with E-state index in [2.05, 4.69) is 10.3 Å². The van der Waals surface area contributed by atoms with Gasteiger partial charge in [0.05, 0.1) is 29.0 Å². The molecule has 0 saturated carbocycles. The van der Waals surface area contributed by atoms with E-state index < -0.39 is 16.7 Å². The third-order valence-corrected chi connectivity index (χ3v) is 6.03. The molecule has 2 heterocycles. The highest BCUT2D eigenvalue weighted by Crippen LogP contribution is 2.31. The van der Waals surface area contributed by atoms with Gasteiger partial charge in [-0.2, -0.15) is 0 Å². The molecule has 1 N–H and O–H groups in total. The minimum atomic E-state index is -1.14. The predicted octanol–water partition coefficient (Wildman–Crippen LogP) is 2.37. The van der Waals surface area contributed by atoms with Gasteiger partial charge in [-0.3, -0.25) is 19.1 Å². The summed E-state index contributed by atoms with van der Waals surface area (Å²) in [4.78, 5) is 27.8. The summed E-state index contributed by atoms with van der Waals surface area (Å²) in [6.07, 6.45) is 1.68. The zero-order valence-corrected chi connectivity index (χ0v) is 14.1. The summed E-state index contributed by atoms with van der Waals surface area (Å²) in [6.45, 7) is 3.71. The van der Waals surface area contributed by atoms with E-state index in [0.29, 0.717) is 20.7 Å². The second kappa shape index (κ2) is 6.21. The number of hydrogen-bond acceptors (Lipinski definition) is 6. The molecule has 1 unspecified atom stereocenters. The zero-order chi connectivity index (χ0) is 16.6. The van der Waals surface area contributed by atoms with Crippen molar-refractivity contribution in [1.82, 2.24) is 4.98 Å². The lowest BCUT2D eigenvalue weighted by Crippen LogP contribution is -2.13. The molecule has 6 nitrogen and oxygen atoms in total. The Kier molecular flexibility index (Phi) is 4.27. The average molecular weight is 350 g/mol. The number of nitrogens with one attached hydrogen (secondary N) is 1. The van der Waals surface area contributed by atoms with Crippen LogP contribution in [-0.4, -0.2) is 26.3 Å². The lowest BCUT2D eigenvalue weighted by molar-refractivity contribution is -0.131. The van der Waals surface area contributed by atoms with Gasteiger partial charge in [0.25, 0.3) is 5.91 Å². The van der Waals surface area contributed by atoms with E-state index in [1.807, 2.05) is 13.8 Å². The fourth-order valence-electron chi connectivity index (χ4n) is 2.14. The Morgan fingerprint density at radius 2 is 2.22 bits per heavy atom. The number of para-hydroxylation sites is 1. The third-order valence-electron chi connectivity index (χ3n) is 3.22. The summed E-state index contributed by atoms with van der Waals surface area (Å²) in [5.41, 5.74) is 0.985. The Morgan fingerprint density at radius 3 is 2.96 bits per heavy atom. The van der Waals surface area contributed by atoms with E-state index in [9.17, 15) is 13.8 Å². The molecule has 1 aromatic heterocycles. The second-order valence-electron chi connectivity index (χ2n) is 5.23. The van der Waals surface area contributed by atoms with E-state index in [1.165, 1.54) is 17.5 Å². The van der Waals surface area contributed by atoms with Gasteiger partial charge in [-0.25, -0.2) is 4.98 Å². The summed E-state index contributed by atoms with van der Waals surface area (Å²) >= 11 is 1.18. The zero-order valence-electron chi connectivity index (χ0n) is 12.5. The molecule has 0 aliphatic carbocycles. The number of carbonyl (C=O) groups is 2. The Labute approximate surface area is 139 Å². The molecule has 0 bridgehead atoms. The molecule has 3 rings (SSSR count). The summed E-state index contributed by atoms with van der Waals surface area (Å²) in [5.74, 6) is -0.477. The highest BCUT2D eigenvalue weighted by molar-refractivity contribution is 7.88. The number of hydrogen-bond donors (Lipinski definition) is 1. The summed E-state index contributed by atoms with van der Waals surface area (Å²) in [6, 6.07) is 5.05.